The highest BCUT2D eigenvalue weighted by atomic mass is 32.1. The molecule has 1 aromatic heterocycles. The van der Waals surface area contributed by atoms with Gasteiger partial charge in [0.1, 0.15) is 5.75 Å². The predicted molar refractivity (Wildman–Crippen MR) is 107 cm³/mol. The van der Waals surface area contributed by atoms with Crippen LogP contribution in [0.3, 0.4) is 0 Å². The first-order valence-corrected chi connectivity index (χ1v) is 9.28. The molecule has 0 atom stereocenters. The number of amides is 1. The minimum atomic E-state index is -0.176. The maximum Gasteiger partial charge on any atom is 0.257 e. The molecule has 4 nitrogen and oxygen atoms in total. The van der Waals surface area contributed by atoms with Crippen LogP contribution in [-0.2, 0) is 0 Å². The SMILES string of the molecule is CC(C)Oc1ccc(C(=O)Nc2nc3c(ccc4ccccc43)s2)cc1. The Balaban J connectivity index is 1.58. The van der Waals surface area contributed by atoms with Crippen molar-refractivity contribution in [3.05, 3.63) is 66.2 Å². The van der Waals surface area contributed by atoms with Crippen LogP contribution in [0.1, 0.15) is 24.2 Å². The van der Waals surface area contributed by atoms with E-state index in [4.69, 9.17) is 4.74 Å². The van der Waals surface area contributed by atoms with Crippen molar-refractivity contribution in [2.45, 2.75) is 20.0 Å². The number of anilines is 1. The molecule has 1 heterocycles. The fourth-order valence-corrected chi connectivity index (χ4v) is 3.72. The summed E-state index contributed by atoms with van der Waals surface area (Å²) in [5.41, 5.74) is 1.49. The third kappa shape index (κ3) is 3.26. The van der Waals surface area contributed by atoms with Crippen LogP contribution < -0.4 is 10.1 Å². The van der Waals surface area contributed by atoms with Crippen LogP contribution in [0.2, 0.25) is 0 Å². The second-order valence-corrected chi connectivity index (χ2v) is 7.33. The first-order valence-electron chi connectivity index (χ1n) is 8.46. The number of fused-ring (bicyclic) bond motifs is 3. The maximum atomic E-state index is 12.5. The molecule has 4 aromatic rings. The summed E-state index contributed by atoms with van der Waals surface area (Å²) < 4.78 is 6.66. The third-order valence-corrected chi connectivity index (χ3v) is 4.93. The lowest BCUT2D eigenvalue weighted by Crippen LogP contribution is -2.12. The quantitative estimate of drug-likeness (QED) is 0.522. The van der Waals surface area contributed by atoms with Gasteiger partial charge >= 0.3 is 0 Å². The molecular weight excluding hydrogens is 344 g/mol. The minimum Gasteiger partial charge on any atom is -0.491 e. The summed E-state index contributed by atoms with van der Waals surface area (Å²) in [7, 11) is 0. The second-order valence-electron chi connectivity index (χ2n) is 6.30. The molecule has 0 aliphatic carbocycles. The van der Waals surface area contributed by atoms with Gasteiger partial charge < -0.3 is 4.74 Å². The molecule has 0 unspecified atom stereocenters. The number of nitrogens with zero attached hydrogens (tertiary/aromatic N) is 1. The van der Waals surface area contributed by atoms with Crippen LogP contribution in [-0.4, -0.2) is 17.0 Å². The lowest BCUT2D eigenvalue weighted by Gasteiger charge is -2.09. The molecule has 0 fully saturated rings. The maximum absolute atomic E-state index is 12.5. The number of carbonyl (C=O) groups excluding carboxylic acids is 1. The highest BCUT2D eigenvalue weighted by Crippen LogP contribution is 2.31. The van der Waals surface area contributed by atoms with Crippen molar-refractivity contribution in [3.8, 4) is 5.75 Å². The Morgan fingerprint density at radius 2 is 1.81 bits per heavy atom. The molecule has 130 valence electrons. The van der Waals surface area contributed by atoms with Gasteiger partial charge in [0, 0.05) is 10.9 Å². The average Bonchev–Trinajstić information content (AvgIpc) is 3.04. The number of hydrogen-bond acceptors (Lipinski definition) is 4. The molecular formula is C21H18N2O2S. The zero-order valence-corrected chi connectivity index (χ0v) is 15.3. The number of rotatable bonds is 4. The van der Waals surface area contributed by atoms with E-state index >= 15 is 0 Å². The van der Waals surface area contributed by atoms with E-state index in [2.05, 4.69) is 28.5 Å². The standard InChI is InChI=1S/C21H18N2O2S/c1-13(2)25-16-10-7-15(8-11-16)20(24)23-21-22-19-17-6-4-3-5-14(17)9-12-18(19)26-21/h3-13H,1-2H3,(H,22,23,24). The number of aromatic nitrogens is 1. The summed E-state index contributed by atoms with van der Waals surface area (Å²) in [4.78, 5) is 17.1. The highest BCUT2D eigenvalue weighted by molar-refractivity contribution is 7.22. The molecule has 5 heteroatoms. The Morgan fingerprint density at radius 1 is 1.04 bits per heavy atom. The summed E-state index contributed by atoms with van der Waals surface area (Å²) in [5, 5.41) is 5.74. The molecule has 0 saturated heterocycles. The van der Waals surface area contributed by atoms with Gasteiger partial charge in [0.25, 0.3) is 5.91 Å². The summed E-state index contributed by atoms with van der Waals surface area (Å²) in [6.45, 7) is 3.94. The number of benzene rings is 3. The molecule has 1 N–H and O–H groups in total. The van der Waals surface area contributed by atoms with Crippen molar-refractivity contribution in [2.24, 2.45) is 0 Å². The number of nitrogens with one attached hydrogen (secondary N) is 1. The molecule has 0 saturated carbocycles. The van der Waals surface area contributed by atoms with Crippen molar-refractivity contribution < 1.29 is 9.53 Å². The van der Waals surface area contributed by atoms with Crippen molar-refractivity contribution in [1.82, 2.24) is 4.98 Å². The van der Waals surface area contributed by atoms with Gasteiger partial charge in [0.2, 0.25) is 0 Å². The van der Waals surface area contributed by atoms with Gasteiger partial charge in [-0.15, -0.1) is 0 Å². The van der Waals surface area contributed by atoms with Gasteiger partial charge in [-0.05, 0) is 49.6 Å². The zero-order valence-electron chi connectivity index (χ0n) is 14.5. The Labute approximate surface area is 155 Å². The number of thiazole rings is 1. The van der Waals surface area contributed by atoms with Gasteiger partial charge in [-0.1, -0.05) is 41.7 Å². The predicted octanol–water partition coefficient (Wildman–Crippen LogP) is 5.49. The normalized spacial score (nSPS) is 11.2. The summed E-state index contributed by atoms with van der Waals surface area (Å²) in [6, 6.07) is 19.4. The van der Waals surface area contributed by atoms with E-state index in [9.17, 15) is 4.79 Å². The van der Waals surface area contributed by atoms with Gasteiger partial charge in [0.15, 0.2) is 5.13 Å². The van der Waals surface area contributed by atoms with Crippen molar-refractivity contribution in [2.75, 3.05) is 5.32 Å². The molecule has 0 aliphatic heterocycles. The third-order valence-electron chi connectivity index (χ3n) is 3.99. The van der Waals surface area contributed by atoms with Gasteiger partial charge in [-0.2, -0.15) is 0 Å². The van der Waals surface area contributed by atoms with Crippen LogP contribution in [0.5, 0.6) is 5.75 Å². The first kappa shape index (κ1) is 16.5. The van der Waals surface area contributed by atoms with Gasteiger partial charge in [-0.3, -0.25) is 10.1 Å². The van der Waals surface area contributed by atoms with Gasteiger partial charge in [-0.25, -0.2) is 4.98 Å². The van der Waals surface area contributed by atoms with E-state index in [-0.39, 0.29) is 12.0 Å². The Morgan fingerprint density at radius 3 is 2.58 bits per heavy atom. The average molecular weight is 362 g/mol. The molecule has 0 radical (unpaired) electrons. The smallest absolute Gasteiger partial charge is 0.257 e. The van der Waals surface area contributed by atoms with Crippen LogP contribution >= 0.6 is 11.3 Å². The van der Waals surface area contributed by atoms with Crippen molar-refractivity contribution in [1.29, 1.82) is 0 Å². The molecule has 0 bridgehead atoms. The van der Waals surface area contributed by atoms with E-state index < -0.39 is 0 Å². The molecule has 4 rings (SSSR count). The second kappa shape index (κ2) is 6.77. The van der Waals surface area contributed by atoms with Gasteiger partial charge in [0.05, 0.1) is 16.3 Å². The largest absolute Gasteiger partial charge is 0.491 e. The Bertz CT molecular complexity index is 1080. The molecule has 0 aliphatic rings. The topological polar surface area (TPSA) is 51.2 Å². The van der Waals surface area contributed by atoms with E-state index in [1.807, 2.05) is 32.0 Å². The zero-order chi connectivity index (χ0) is 18.1. The van der Waals surface area contributed by atoms with Crippen molar-refractivity contribution >= 4 is 43.4 Å². The fourth-order valence-electron chi connectivity index (χ4n) is 2.84. The van der Waals surface area contributed by atoms with E-state index in [0.29, 0.717) is 10.7 Å². The monoisotopic (exact) mass is 362 g/mol. The molecule has 1 amide bonds. The Hall–Kier alpha value is -2.92. The molecule has 0 spiro atoms. The first-order chi connectivity index (χ1) is 12.6. The lowest BCUT2D eigenvalue weighted by atomic mass is 10.1. The van der Waals surface area contributed by atoms with Crippen LogP contribution in [0.25, 0.3) is 21.0 Å². The summed E-state index contributed by atoms with van der Waals surface area (Å²) in [6.07, 6.45) is 0.104. The Kier molecular flexibility index (Phi) is 4.31. The lowest BCUT2D eigenvalue weighted by molar-refractivity contribution is 0.102. The fraction of sp³-hybridized carbons (Fsp3) is 0.143. The van der Waals surface area contributed by atoms with E-state index in [1.165, 1.54) is 11.3 Å². The minimum absolute atomic E-state index is 0.104. The summed E-state index contributed by atoms with van der Waals surface area (Å²) >= 11 is 1.48. The molecule has 26 heavy (non-hydrogen) atoms. The summed E-state index contributed by atoms with van der Waals surface area (Å²) in [5.74, 6) is 0.576. The number of carbonyl (C=O) groups is 1. The van der Waals surface area contributed by atoms with Crippen LogP contribution in [0, 0.1) is 0 Å². The van der Waals surface area contributed by atoms with Crippen LogP contribution in [0.4, 0.5) is 5.13 Å². The highest BCUT2D eigenvalue weighted by Gasteiger charge is 2.12. The molecule has 3 aromatic carbocycles. The van der Waals surface area contributed by atoms with Crippen molar-refractivity contribution in [3.63, 3.8) is 0 Å². The number of ether oxygens (including phenoxy) is 1. The van der Waals surface area contributed by atoms with E-state index in [1.54, 1.807) is 24.3 Å². The van der Waals surface area contributed by atoms with Crippen LogP contribution in [0.15, 0.2) is 60.7 Å². The number of hydrogen-bond donors (Lipinski definition) is 1. The van der Waals surface area contributed by atoms with E-state index in [0.717, 1.165) is 26.7 Å².